The summed E-state index contributed by atoms with van der Waals surface area (Å²) in [7, 11) is -3.40. The molecule has 1 fully saturated rings. The number of benzene rings is 1. The van der Waals surface area contributed by atoms with Gasteiger partial charge in [0.25, 0.3) is 5.91 Å². The molecule has 2 rings (SSSR count). The highest BCUT2D eigenvalue weighted by atomic mass is 79.9. The molecule has 25 heavy (non-hydrogen) atoms. The van der Waals surface area contributed by atoms with Gasteiger partial charge in [-0.15, -0.1) is 0 Å². The van der Waals surface area contributed by atoms with Gasteiger partial charge in [-0.25, -0.2) is 8.42 Å². The molecule has 1 aliphatic rings. The van der Waals surface area contributed by atoms with E-state index in [2.05, 4.69) is 21.2 Å². The number of halogens is 2. The fourth-order valence-corrected chi connectivity index (χ4v) is 4.32. The summed E-state index contributed by atoms with van der Waals surface area (Å²) in [6.45, 7) is 3.10. The minimum Gasteiger partial charge on any atom is -0.480 e. The van der Waals surface area contributed by atoms with Gasteiger partial charge < -0.3 is 14.8 Å². The zero-order valence-corrected chi connectivity index (χ0v) is 16.9. The minimum atomic E-state index is -3.40. The van der Waals surface area contributed by atoms with Gasteiger partial charge in [0.05, 0.1) is 23.4 Å². The maximum atomic E-state index is 12.2. The van der Waals surface area contributed by atoms with Crippen molar-refractivity contribution in [1.29, 1.82) is 0 Å². The highest BCUT2D eigenvalue weighted by Gasteiger charge is 2.24. The van der Waals surface area contributed by atoms with Crippen molar-refractivity contribution in [3.05, 3.63) is 27.7 Å². The Balaban J connectivity index is 1.81. The lowest BCUT2D eigenvalue weighted by molar-refractivity contribution is -0.127. The van der Waals surface area contributed by atoms with Gasteiger partial charge in [0.2, 0.25) is 10.0 Å². The number of nitrogens with one attached hydrogen (secondary N) is 1. The Morgan fingerprint density at radius 1 is 1.44 bits per heavy atom. The molecular weight excluding hydrogens is 436 g/mol. The third-order valence-corrected chi connectivity index (χ3v) is 6.32. The van der Waals surface area contributed by atoms with E-state index >= 15 is 0 Å². The first kappa shape index (κ1) is 20.4. The Hall–Kier alpha value is -0.870. The summed E-state index contributed by atoms with van der Waals surface area (Å²) in [5.41, 5.74) is 0. The molecule has 1 atom stereocenters. The molecule has 1 aromatic rings. The van der Waals surface area contributed by atoms with Crippen molar-refractivity contribution >= 4 is 43.5 Å². The zero-order valence-electron chi connectivity index (χ0n) is 13.7. The van der Waals surface area contributed by atoms with Crippen molar-refractivity contribution in [3.63, 3.8) is 0 Å². The number of hydrogen-bond acceptors (Lipinski definition) is 5. The minimum absolute atomic E-state index is 0.0218. The van der Waals surface area contributed by atoms with Gasteiger partial charge in [-0.1, -0.05) is 11.6 Å². The van der Waals surface area contributed by atoms with E-state index in [0.29, 0.717) is 41.5 Å². The van der Waals surface area contributed by atoms with Crippen LogP contribution in [-0.4, -0.2) is 63.3 Å². The van der Waals surface area contributed by atoms with Crippen molar-refractivity contribution < 1.29 is 22.7 Å². The summed E-state index contributed by atoms with van der Waals surface area (Å²) in [4.78, 5) is 12.1. The molecular formula is C15H20BrClN2O5S. The van der Waals surface area contributed by atoms with Crippen molar-refractivity contribution in [2.45, 2.75) is 13.0 Å². The van der Waals surface area contributed by atoms with Crippen LogP contribution in [0, 0.1) is 0 Å². The highest BCUT2D eigenvalue weighted by molar-refractivity contribution is 9.10. The van der Waals surface area contributed by atoms with Gasteiger partial charge >= 0.3 is 0 Å². The van der Waals surface area contributed by atoms with E-state index in [4.69, 9.17) is 21.1 Å². The second-order valence-corrected chi connectivity index (χ2v) is 8.83. The smallest absolute Gasteiger partial charge is 0.260 e. The van der Waals surface area contributed by atoms with E-state index in [1.54, 1.807) is 25.1 Å². The number of ether oxygens (including phenoxy) is 2. The van der Waals surface area contributed by atoms with Crippen LogP contribution in [0.1, 0.15) is 6.92 Å². The van der Waals surface area contributed by atoms with Gasteiger partial charge in [-0.05, 0) is 41.1 Å². The van der Waals surface area contributed by atoms with E-state index in [0.717, 1.165) is 0 Å². The van der Waals surface area contributed by atoms with Gasteiger partial charge in [0, 0.05) is 24.7 Å². The second kappa shape index (κ2) is 9.18. The monoisotopic (exact) mass is 454 g/mol. The van der Waals surface area contributed by atoms with E-state index in [-0.39, 0.29) is 18.2 Å². The molecule has 0 spiro atoms. The molecule has 0 bridgehead atoms. The molecule has 0 saturated carbocycles. The molecule has 1 N–H and O–H groups in total. The summed E-state index contributed by atoms with van der Waals surface area (Å²) in [5, 5.41) is 3.13. The number of morpholine rings is 1. The lowest BCUT2D eigenvalue weighted by Gasteiger charge is -2.26. The highest BCUT2D eigenvalue weighted by Crippen LogP contribution is 2.28. The predicted molar refractivity (Wildman–Crippen MR) is 98.4 cm³/mol. The largest absolute Gasteiger partial charge is 0.480 e. The van der Waals surface area contributed by atoms with Crippen LogP contribution in [0.4, 0.5) is 0 Å². The molecule has 1 saturated heterocycles. The first-order chi connectivity index (χ1) is 11.8. The molecule has 1 unspecified atom stereocenters. The van der Waals surface area contributed by atoms with E-state index < -0.39 is 16.1 Å². The number of hydrogen-bond donors (Lipinski definition) is 1. The first-order valence-electron chi connectivity index (χ1n) is 7.74. The Kier molecular flexibility index (Phi) is 7.51. The first-order valence-corrected chi connectivity index (χ1v) is 10.5. The summed E-state index contributed by atoms with van der Waals surface area (Å²) in [5.74, 6) is -0.0668. The maximum Gasteiger partial charge on any atom is 0.260 e. The van der Waals surface area contributed by atoms with Crippen LogP contribution < -0.4 is 10.1 Å². The fraction of sp³-hybridized carbons (Fsp3) is 0.533. The molecule has 7 nitrogen and oxygen atoms in total. The number of sulfonamides is 1. The lowest BCUT2D eigenvalue weighted by atomic mass is 10.3. The predicted octanol–water partition coefficient (Wildman–Crippen LogP) is 1.65. The summed E-state index contributed by atoms with van der Waals surface area (Å²) < 4.78 is 37.1. The van der Waals surface area contributed by atoms with Gasteiger partial charge in [0.15, 0.2) is 6.10 Å². The standard InChI is InChI=1S/C15H20BrClN2O5S/c1-11(24-14-3-2-12(17)10-13(14)16)15(20)18-4-9-25(21,22)19-5-7-23-8-6-19/h2-3,10-11H,4-9H2,1H3,(H,18,20). The molecule has 10 heteroatoms. The van der Waals surface area contributed by atoms with E-state index in [1.807, 2.05) is 0 Å². The van der Waals surface area contributed by atoms with E-state index in [1.165, 1.54) is 4.31 Å². The van der Waals surface area contributed by atoms with Crippen LogP contribution in [0.25, 0.3) is 0 Å². The molecule has 0 aromatic heterocycles. The van der Waals surface area contributed by atoms with Crippen LogP contribution >= 0.6 is 27.5 Å². The third-order valence-electron chi connectivity index (χ3n) is 3.59. The van der Waals surface area contributed by atoms with Crippen molar-refractivity contribution in [3.8, 4) is 5.75 Å². The average Bonchev–Trinajstić information content (AvgIpc) is 2.58. The third kappa shape index (κ3) is 6.10. The Morgan fingerprint density at radius 2 is 2.12 bits per heavy atom. The molecule has 0 aliphatic carbocycles. The van der Waals surface area contributed by atoms with Crippen LogP contribution in [-0.2, 0) is 19.6 Å². The van der Waals surface area contributed by atoms with Crippen molar-refractivity contribution in [2.24, 2.45) is 0 Å². The number of nitrogens with zero attached hydrogens (tertiary/aromatic N) is 1. The van der Waals surface area contributed by atoms with Crippen LogP contribution in [0.15, 0.2) is 22.7 Å². The number of rotatable bonds is 7. The number of carbonyl (C=O) groups is 1. The SMILES string of the molecule is CC(Oc1ccc(Cl)cc1Br)C(=O)NCCS(=O)(=O)N1CCOCC1. The average molecular weight is 456 g/mol. The number of carbonyl (C=O) groups excluding carboxylic acids is 1. The van der Waals surface area contributed by atoms with Gasteiger partial charge in [-0.3, -0.25) is 4.79 Å². The summed E-state index contributed by atoms with van der Waals surface area (Å²) in [6.07, 6.45) is -0.774. The molecule has 1 aromatic carbocycles. The van der Waals surface area contributed by atoms with E-state index in [9.17, 15) is 13.2 Å². The summed E-state index contributed by atoms with van der Waals surface area (Å²) in [6, 6.07) is 4.97. The molecule has 140 valence electrons. The van der Waals surface area contributed by atoms with Crippen molar-refractivity contribution in [1.82, 2.24) is 9.62 Å². The second-order valence-electron chi connectivity index (χ2n) is 5.45. The Bertz CT molecular complexity index is 710. The summed E-state index contributed by atoms with van der Waals surface area (Å²) >= 11 is 9.17. The molecule has 1 amide bonds. The zero-order chi connectivity index (χ0) is 18.4. The normalized spacial score (nSPS) is 17.1. The number of amides is 1. The lowest BCUT2D eigenvalue weighted by Crippen LogP contribution is -2.45. The molecule has 0 radical (unpaired) electrons. The van der Waals surface area contributed by atoms with Crippen LogP contribution in [0.3, 0.4) is 0 Å². The van der Waals surface area contributed by atoms with Gasteiger partial charge in [0.1, 0.15) is 5.75 Å². The Morgan fingerprint density at radius 3 is 2.76 bits per heavy atom. The molecule has 1 heterocycles. The fourth-order valence-electron chi connectivity index (χ4n) is 2.22. The Labute approximate surface area is 160 Å². The van der Waals surface area contributed by atoms with Gasteiger partial charge in [-0.2, -0.15) is 4.31 Å². The van der Waals surface area contributed by atoms with Crippen LogP contribution in [0.2, 0.25) is 5.02 Å². The topological polar surface area (TPSA) is 84.9 Å². The van der Waals surface area contributed by atoms with Crippen molar-refractivity contribution in [2.75, 3.05) is 38.6 Å². The maximum absolute atomic E-state index is 12.2. The molecule has 1 aliphatic heterocycles. The quantitative estimate of drug-likeness (QED) is 0.676. The van der Waals surface area contributed by atoms with Crippen LogP contribution in [0.5, 0.6) is 5.75 Å².